The van der Waals surface area contributed by atoms with Gasteiger partial charge in [-0.05, 0) is 50.1 Å². The number of hydrogen-bond acceptors (Lipinski definition) is 5. The number of nitrogens with one attached hydrogen (secondary N) is 1. The monoisotopic (exact) mass is 344 g/mol. The molecule has 25 heavy (non-hydrogen) atoms. The maximum absolute atomic E-state index is 10.2. The van der Waals surface area contributed by atoms with Gasteiger partial charge in [0, 0.05) is 30.9 Å². The molecule has 0 aromatic heterocycles. The van der Waals surface area contributed by atoms with Crippen LogP contribution < -0.4 is 22.5 Å². The van der Waals surface area contributed by atoms with E-state index in [1.54, 1.807) is 0 Å². The number of amidine groups is 1. The molecule has 1 aromatic carbocycles. The minimum atomic E-state index is 0.192. The fourth-order valence-electron chi connectivity index (χ4n) is 3.19. The van der Waals surface area contributed by atoms with E-state index in [9.17, 15) is 4.79 Å². The van der Waals surface area contributed by atoms with E-state index in [-0.39, 0.29) is 12.1 Å². The van der Waals surface area contributed by atoms with Crippen LogP contribution >= 0.6 is 0 Å². The van der Waals surface area contributed by atoms with Crippen molar-refractivity contribution in [1.29, 1.82) is 0 Å². The molecule has 0 radical (unpaired) electrons. The highest BCUT2D eigenvalue weighted by Gasteiger charge is 2.27. The van der Waals surface area contributed by atoms with Crippen molar-refractivity contribution in [2.75, 3.05) is 7.05 Å². The molecule has 0 bridgehead atoms. The minimum Gasteiger partial charge on any atom is -0.384 e. The summed E-state index contributed by atoms with van der Waals surface area (Å²) in [6, 6.07) is 8.74. The van der Waals surface area contributed by atoms with Crippen molar-refractivity contribution in [3.8, 4) is 0 Å². The highest BCUT2D eigenvalue weighted by Crippen LogP contribution is 2.22. The van der Waals surface area contributed by atoms with E-state index < -0.39 is 0 Å². The third-order valence-corrected chi connectivity index (χ3v) is 4.42. The summed E-state index contributed by atoms with van der Waals surface area (Å²) in [6.07, 6.45) is 6.44. The summed E-state index contributed by atoms with van der Waals surface area (Å²) in [4.78, 5) is 16.7. The number of aliphatic imine (C=N–C) groups is 1. The standard InChI is InChI=1S/C18H28N6O/c1-24(17-9-14(19)8-15(20)10-17)11-13-2-4-16(5-3-13)23-18(21)6-7-22-12-25/h2-7,12,14-15,17H,8-11,19-20H2,1H3,(H2,21,23)(H,22,25)/b7-6-. The van der Waals surface area contributed by atoms with Crippen molar-refractivity contribution in [3.05, 3.63) is 42.1 Å². The van der Waals surface area contributed by atoms with Crippen molar-refractivity contribution < 1.29 is 4.79 Å². The fraction of sp³-hybridized carbons (Fsp3) is 0.444. The molecule has 0 spiro atoms. The molecular weight excluding hydrogens is 316 g/mol. The van der Waals surface area contributed by atoms with Crippen molar-refractivity contribution in [2.24, 2.45) is 22.2 Å². The Morgan fingerprint density at radius 3 is 2.48 bits per heavy atom. The zero-order valence-corrected chi connectivity index (χ0v) is 14.6. The van der Waals surface area contributed by atoms with E-state index in [1.165, 1.54) is 17.8 Å². The first-order valence-corrected chi connectivity index (χ1v) is 8.48. The molecule has 1 saturated carbocycles. The molecular formula is C18H28N6O. The van der Waals surface area contributed by atoms with Gasteiger partial charge in [-0.1, -0.05) is 12.1 Å². The average molecular weight is 344 g/mol. The topological polar surface area (TPSA) is 123 Å². The Morgan fingerprint density at radius 1 is 1.24 bits per heavy atom. The Balaban J connectivity index is 1.93. The summed E-state index contributed by atoms with van der Waals surface area (Å²) in [5, 5.41) is 2.39. The zero-order chi connectivity index (χ0) is 18.2. The second-order valence-corrected chi connectivity index (χ2v) is 6.62. The Bertz CT molecular complexity index is 602. The lowest BCUT2D eigenvalue weighted by Gasteiger charge is -2.37. The highest BCUT2D eigenvalue weighted by molar-refractivity contribution is 5.93. The molecule has 0 aliphatic heterocycles. The van der Waals surface area contributed by atoms with Gasteiger partial charge in [-0.2, -0.15) is 0 Å². The van der Waals surface area contributed by atoms with Crippen LogP contribution in [0.2, 0.25) is 0 Å². The summed E-state index contributed by atoms with van der Waals surface area (Å²) in [6.45, 7) is 0.840. The maximum Gasteiger partial charge on any atom is 0.211 e. The first-order chi connectivity index (χ1) is 12.0. The van der Waals surface area contributed by atoms with E-state index in [0.29, 0.717) is 18.3 Å². The quantitative estimate of drug-likeness (QED) is 0.327. The second-order valence-electron chi connectivity index (χ2n) is 6.62. The molecule has 2 rings (SSSR count). The van der Waals surface area contributed by atoms with Gasteiger partial charge in [0.15, 0.2) is 0 Å². The van der Waals surface area contributed by atoms with Crippen LogP contribution in [0.15, 0.2) is 41.5 Å². The number of nitrogens with zero attached hydrogens (tertiary/aromatic N) is 2. The molecule has 7 heteroatoms. The van der Waals surface area contributed by atoms with Gasteiger partial charge in [0.25, 0.3) is 0 Å². The smallest absolute Gasteiger partial charge is 0.211 e. The van der Waals surface area contributed by atoms with Gasteiger partial charge in [0.05, 0.1) is 5.69 Å². The third-order valence-electron chi connectivity index (χ3n) is 4.42. The molecule has 7 nitrogen and oxygen atoms in total. The Hall–Kier alpha value is -2.22. The van der Waals surface area contributed by atoms with Crippen LogP contribution in [0.25, 0.3) is 0 Å². The van der Waals surface area contributed by atoms with Crippen molar-refractivity contribution in [1.82, 2.24) is 10.2 Å². The number of amides is 1. The van der Waals surface area contributed by atoms with E-state index in [4.69, 9.17) is 17.2 Å². The Morgan fingerprint density at radius 2 is 1.88 bits per heavy atom. The number of carbonyl (C=O) groups excluding carboxylic acids is 1. The summed E-state index contributed by atoms with van der Waals surface area (Å²) in [5.74, 6) is 0.324. The largest absolute Gasteiger partial charge is 0.384 e. The third kappa shape index (κ3) is 6.30. The van der Waals surface area contributed by atoms with Crippen LogP contribution in [0.5, 0.6) is 0 Å². The molecule has 1 amide bonds. The summed E-state index contributed by atoms with van der Waals surface area (Å²) in [5.41, 5.74) is 19.9. The van der Waals surface area contributed by atoms with Gasteiger partial charge in [-0.25, -0.2) is 4.99 Å². The van der Waals surface area contributed by atoms with Crippen LogP contribution in [0.4, 0.5) is 5.69 Å². The molecule has 2 unspecified atom stereocenters. The van der Waals surface area contributed by atoms with Gasteiger partial charge >= 0.3 is 0 Å². The lowest BCUT2D eigenvalue weighted by atomic mass is 9.87. The van der Waals surface area contributed by atoms with E-state index in [1.807, 2.05) is 24.3 Å². The number of hydrogen-bond donors (Lipinski definition) is 4. The summed E-state index contributed by atoms with van der Waals surface area (Å²) in [7, 11) is 2.12. The summed E-state index contributed by atoms with van der Waals surface area (Å²) < 4.78 is 0. The van der Waals surface area contributed by atoms with Crippen LogP contribution in [0.3, 0.4) is 0 Å². The molecule has 136 valence electrons. The molecule has 1 aliphatic carbocycles. The molecule has 2 atom stereocenters. The molecule has 1 aromatic rings. The van der Waals surface area contributed by atoms with Crippen molar-refractivity contribution >= 4 is 17.9 Å². The lowest BCUT2D eigenvalue weighted by Crippen LogP contribution is -2.47. The average Bonchev–Trinajstić information content (AvgIpc) is 2.56. The van der Waals surface area contributed by atoms with Crippen LogP contribution in [0, 0.1) is 0 Å². The Labute approximate surface area is 149 Å². The van der Waals surface area contributed by atoms with Crippen LogP contribution in [0.1, 0.15) is 24.8 Å². The SMILES string of the molecule is CN(Cc1ccc(N=C(N)/C=C\NC=O)cc1)C1CC(N)CC(N)C1. The minimum absolute atomic E-state index is 0.192. The lowest BCUT2D eigenvalue weighted by molar-refractivity contribution is -0.108. The fourth-order valence-corrected chi connectivity index (χ4v) is 3.19. The molecule has 1 aliphatic rings. The highest BCUT2D eigenvalue weighted by atomic mass is 16.1. The van der Waals surface area contributed by atoms with Gasteiger partial charge < -0.3 is 22.5 Å². The van der Waals surface area contributed by atoms with Crippen LogP contribution in [-0.2, 0) is 11.3 Å². The first kappa shape index (κ1) is 19.1. The van der Waals surface area contributed by atoms with Gasteiger partial charge in [-0.3, -0.25) is 9.69 Å². The van der Waals surface area contributed by atoms with Crippen molar-refractivity contribution in [3.63, 3.8) is 0 Å². The zero-order valence-electron chi connectivity index (χ0n) is 14.6. The summed E-state index contributed by atoms with van der Waals surface area (Å²) >= 11 is 0. The number of rotatable bonds is 7. The number of benzene rings is 1. The molecule has 7 N–H and O–H groups in total. The van der Waals surface area contributed by atoms with Gasteiger partial charge in [0.2, 0.25) is 6.41 Å². The van der Waals surface area contributed by atoms with E-state index in [0.717, 1.165) is 31.5 Å². The Kier molecular flexibility index (Phi) is 7.12. The first-order valence-electron chi connectivity index (χ1n) is 8.48. The normalized spacial score (nSPS) is 24.6. The van der Waals surface area contributed by atoms with E-state index in [2.05, 4.69) is 22.3 Å². The second kappa shape index (κ2) is 9.31. The molecule has 1 fully saturated rings. The van der Waals surface area contributed by atoms with Gasteiger partial charge in [0.1, 0.15) is 5.84 Å². The number of nitrogens with two attached hydrogens (primary N) is 3. The molecule has 0 saturated heterocycles. The predicted octanol–water partition coefficient (Wildman–Crippen LogP) is 0.574. The van der Waals surface area contributed by atoms with Crippen molar-refractivity contribution in [2.45, 2.75) is 43.9 Å². The number of carbonyl (C=O) groups is 1. The van der Waals surface area contributed by atoms with Gasteiger partial charge in [-0.15, -0.1) is 0 Å². The van der Waals surface area contributed by atoms with E-state index >= 15 is 0 Å². The predicted molar refractivity (Wildman–Crippen MR) is 101 cm³/mol. The van der Waals surface area contributed by atoms with Crippen LogP contribution in [-0.4, -0.2) is 42.3 Å². The maximum atomic E-state index is 10.2. The molecule has 0 heterocycles.